The second-order valence-electron chi connectivity index (χ2n) is 7.23. The highest BCUT2D eigenvalue weighted by Crippen LogP contribution is 2.47. The highest BCUT2D eigenvalue weighted by atomic mass is 16.5. The number of hydrogen-bond acceptors (Lipinski definition) is 7. The molecule has 1 aliphatic rings. The van der Waals surface area contributed by atoms with E-state index >= 15 is 0 Å². The van der Waals surface area contributed by atoms with Crippen molar-refractivity contribution in [1.29, 1.82) is 0 Å². The van der Waals surface area contributed by atoms with Crippen molar-refractivity contribution in [1.82, 2.24) is 0 Å². The van der Waals surface area contributed by atoms with Gasteiger partial charge in [-0.2, -0.15) is 0 Å². The van der Waals surface area contributed by atoms with Crippen molar-refractivity contribution >= 4 is 11.9 Å². The lowest BCUT2D eigenvalue weighted by Gasteiger charge is -2.38. The van der Waals surface area contributed by atoms with Gasteiger partial charge in [0.1, 0.15) is 23.4 Å². The van der Waals surface area contributed by atoms with Gasteiger partial charge in [0.05, 0.1) is 12.0 Å². The minimum Gasteiger partial charge on any atom is -0.484 e. The van der Waals surface area contributed by atoms with Crippen LogP contribution >= 0.6 is 0 Å². The number of benzene rings is 2. The molecule has 1 heterocycles. The van der Waals surface area contributed by atoms with E-state index in [1.807, 2.05) is 0 Å². The third-order valence-corrected chi connectivity index (χ3v) is 4.94. The molecule has 166 valence electrons. The lowest BCUT2D eigenvalue weighted by atomic mass is 9.79. The number of rotatable bonds is 6. The third-order valence-electron chi connectivity index (χ3n) is 4.94. The van der Waals surface area contributed by atoms with Crippen LogP contribution in [0.3, 0.4) is 0 Å². The molecule has 0 aromatic heterocycles. The maximum atomic E-state index is 11.3. The zero-order valence-corrected chi connectivity index (χ0v) is 17.9. The molecule has 0 aliphatic carbocycles. The van der Waals surface area contributed by atoms with Crippen LogP contribution in [0.15, 0.2) is 79.0 Å². The maximum absolute atomic E-state index is 11.3. The molecule has 3 atom stereocenters. The minimum absolute atomic E-state index is 0.315. The Kier molecular flexibility index (Phi) is 7.12. The van der Waals surface area contributed by atoms with E-state index in [4.69, 9.17) is 19.9 Å². The summed E-state index contributed by atoms with van der Waals surface area (Å²) in [5, 5.41) is 11.3. The highest BCUT2D eigenvalue weighted by molar-refractivity contribution is 5.70. The third kappa shape index (κ3) is 5.07. The van der Waals surface area contributed by atoms with E-state index in [-0.39, 0.29) is 0 Å². The molecule has 0 fully saturated rings. The predicted molar refractivity (Wildman–Crippen MR) is 119 cm³/mol. The number of aliphatic hydroxyl groups is 1. The summed E-state index contributed by atoms with van der Waals surface area (Å²) in [4.78, 5) is 22.6. The second kappa shape index (κ2) is 9.98. The molecule has 7 heteroatoms. The van der Waals surface area contributed by atoms with Gasteiger partial charge in [-0.25, -0.2) is 0 Å². The number of nitrogens with two attached hydrogens (primary N) is 1. The van der Waals surface area contributed by atoms with Crippen molar-refractivity contribution in [2.75, 3.05) is 0 Å². The van der Waals surface area contributed by atoms with Crippen LogP contribution in [0.1, 0.15) is 37.0 Å². The first-order chi connectivity index (χ1) is 15.3. The fourth-order valence-corrected chi connectivity index (χ4v) is 3.71. The summed E-state index contributed by atoms with van der Waals surface area (Å²) >= 11 is 0. The molecule has 2 aromatic carbocycles. The van der Waals surface area contributed by atoms with Crippen LogP contribution in [-0.2, 0) is 9.59 Å². The van der Waals surface area contributed by atoms with Crippen molar-refractivity contribution in [3.63, 3.8) is 0 Å². The highest BCUT2D eigenvalue weighted by Gasteiger charge is 2.40. The van der Waals surface area contributed by atoms with E-state index in [0.717, 1.165) is 5.56 Å². The topological polar surface area (TPSA) is 108 Å². The Morgan fingerprint density at radius 1 is 1.06 bits per heavy atom. The van der Waals surface area contributed by atoms with E-state index in [9.17, 15) is 14.7 Å². The van der Waals surface area contributed by atoms with Gasteiger partial charge in [0, 0.05) is 25.5 Å². The van der Waals surface area contributed by atoms with Crippen LogP contribution in [0.25, 0.3) is 0 Å². The molecule has 1 aliphatic heterocycles. The summed E-state index contributed by atoms with van der Waals surface area (Å²) in [6.45, 7) is 6.39. The first-order valence-corrected chi connectivity index (χ1v) is 10.0. The lowest BCUT2D eigenvalue weighted by molar-refractivity contribution is -0.132. The largest absolute Gasteiger partial charge is 0.484 e. The van der Waals surface area contributed by atoms with Gasteiger partial charge in [-0.15, -0.1) is 0 Å². The molecule has 0 radical (unpaired) electrons. The summed E-state index contributed by atoms with van der Waals surface area (Å²) in [6, 6.07) is 11.7. The van der Waals surface area contributed by atoms with Gasteiger partial charge < -0.3 is 25.1 Å². The van der Waals surface area contributed by atoms with Crippen LogP contribution in [-0.4, -0.2) is 23.1 Å². The molecule has 3 unspecified atom stereocenters. The summed E-state index contributed by atoms with van der Waals surface area (Å²) in [5.41, 5.74) is 7.67. The van der Waals surface area contributed by atoms with Crippen LogP contribution in [0.2, 0.25) is 0 Å². The fourth-order valence-electron chi connectivity index (χ4n) is 3.71. The Bertz CT molecular complexity index is 1070. The Balaban J connectivity index is 2.08. The molecule has 0 saturated carbocycles. The van der Waals surface area contributed by atoms with Crippen molar-refractivity contribution in [2.24, 2.45) is 5.73 Å². The number of ether oxygens (including phenoxy) is 3. The predicted octanol–water partition coefficient (Wildman–Crippen LogP) is 3.70. The molecule has 0 spiro atoms. The van der Waals surface area contributed by atoms with Crippen molar-refractivity contribution in [3.8, 4) is 17.2 Å². The Morgan fingerprint density at radius 3 is 2.28 bits per heavy atom. The van der Waals surface area contributed by atoms with Gasteiger partial charge in [-0.1, -0.05) is 30.9 Å². The smallest absolute Gasteiger partial charge is 0.308 e. The standard InChI is InChI=1S/C25H25NO6/c1-4-5-18(12-13-26)25-23(17-6-8-19(9-7-17)30-15(2)27)24(29)21-11-10-20(31-16(3)28)14-22(21)32-25/h4-14,23-25,29H,1,26H2,2-3H3/b13-12-,18-5+. The average molecular weight is 435 g/mol. The van der Waals surface area contributed by atoms with Gasteiger partial charge >= 0.3 is 11.9 Å². The Morgan fingerprint density at radius 2 is 1.69 bits per heavy atom. The van der Waals surface area contributed by atoms with E-state index in [1.165, 1.54) is 20.0 Å². The Labute approximate surface area is 186 Å². The molecule has 3 rings (SSSR count). The maximum Gasteiger partial charge on any atom is 0.308 e. The van der Waals surface area contributed by atoms with Gasteiger partial charge in [-0.3, -0.25) is 9.59 Å². The molecule has 0 amide bonds. The van der Waals surface area contributed by atoms with E-state index in [2.05, 4.69) is 6.58 Å². The summed E-state index contributed by atoms with van der Waals surface area (Å²) in [5.74, 6) is -0.264. The summed E-state index contributed by atoms with van der Waals surface area (Å²) in [6.07, 6.45) is 4.87. The molecule has 7 nitrogen and oxygen atoms in total. The van der Waals surface area contributed by atoms with Crippen LogP contribution < -0.4 is 19.9 Å². The number of carbonyl (C=O) groups excluding carboxylic acids is 2. The zero-order valence-electron chi connectivity index (χ0n) is 17.9. The van der Waals surface area contributed by atoms with Crippen molar-refractivity contribution in [2.45, 2.75) is 32.0 Å². The van der Waals surface area contributed by atoms with Gasteiger partial charge in [0.15, 0.2) is 0 Å². The fraction of sp³-hybridized carbons (Fsp3) is 0.200. The van der Waals surface area contributed by atoms with Gasteiger partial charge in [-0.05, 0) is 47.7 Å². The second-order valence-corrected chi connectivity index (χ2v) is 7.23. The minimum atomic E-state index is -0.936. The first-order valence-electron chi connectivity index (χ1n) is 10.0. The van der Waals surface area contributed by atoms with E-state index < -0.39 is 30.1 Å². The molecule has 0 bridgehead atoms. The monoisotopic (exact) mass is 435 g/mol. The Hall–Kier alpha value is -3.84. The number of fused-ring (bicyclic) bond motifs is 1. The van der Waals surface area contributed by atoms with E-state index in [0.29, 0.717) is 28.4 Å². The summed E-state index contributed by atoms with van der Waals surface area (Å²) < 4.78 is 16.6. The normalized spacial score (nSPS) is 20.2. The summed E-state index contributed by atoms with van der Waals surface area (Å²) in [7, 11) is 0. The zero-order chi connectivity index (χ0) is 23.3. The molecular weight excluding hydrogens is 410 g/mol. The lowest BCUT2D eigenvalue weighted by Crippen LogP contribution is -2.35. The van der Waals surface area contributed by atoms with Crippen molar-refractivity contribution in [3.05, 3.63) is 90.2 Å². The molecular formula is C25H25NO6. The number of aliphatic hydroxyl groups excluding tert-OH is 1. The number of carbonyl (C=O) groups is 2. The van der Waals surface area contributed by atoms with Gasteiger partial charge in [0.2, 0.25) is 0 Å². The number of esters is 2. The van der Waals surface area contributed by atoms with Gasteiger partial charge in [0.25, 0.3) is 0 Å². The average Bonchev–Trinajstić information content (AvgIpc) is 2.73. The number of hydrogen-bond donors (Lipinski definition) is 2. The quantitative estimate of drug-likeness (QED) is 0.405. The van der Waals surface area contributed by atoms with Crippen LogP contribution in [0.5, 0.6) is 17.2 Å². The number of allylic oxidation sites excluding steroid dienone is 2. The van der Waals surface area contributed by atoms with Crippen LogP contribution in [0, 0.1) is 0 Å². The molecule has 0 saturated heterocycles. The van der Waals surface area contributed by atoms with Crippen LogP contribution in [0.4, 0.5) is 0 Å². The first kappa shape index (κ1) is 22.8. The SMILES string of the molecule is C=C/C=C(\C=C/N)C1Oc2cc(OC(C)=O)ccc2C(O)C1c1ccc(OC(C)=O)cc1. The van der Waals surface area contributed by atoms with E-state index in [1.54, 1.807) is 60.7 Å². The molecule has 2 aromatic rings. The molecule has 3 N–H and O–H groups in total. The molecule has 32 heavy (non-hydrogen) atoms. The van der Waals surface area contributed by atoms with Crippen molar-refractivity contribution < 1.29 is 28.9 Å².